The number of benzene rings is 1. The van der Waals surface area contributed by atoms with Gasteiger partial charge in [-0.05, 0) is 37.2 Å². The Bertz CT molecular complexity index is 292. The van der Waals surface area contributed by atoms with Crippen molar-refractivity contribution in [3.8, 4) is 0 Å². The summed E-state index contributed by atoms with van der Waals surface area (Å²) >= 11 is 5.82. The monoisotopic (exact) mass is 255 g/mol. The summed E-state index contributed by atoms with van der Waals surface area (Å²) in [5, 5.41) is 4.13. The van der Waals surface area contributed by atoms with E-state index in [1.54, 1.807) is 0 Å². The van der Waals surface area contributed by atoms with E-state index in [-0.39, 0.29) is 0 Å². The Morgan fingerprint density at radius 3 is 2.24 bits per heavy atom. The van der Waals surface area contributed by atoms with E-state index in [9.17, 15) is 0 Å². The summed E-state index contributed by atoms with van der Waals surface area (Å²) in [6, 6.07) is 8.04. The SMILES string of the molecule is CCCN.Clc1ccc(N2CCNCC2)cc1. The highest BCUT2D eigenvalue weighted by atomic mass is 35.5. The first kappa shape index (κ1) is 14.3. The number of hydrogen-bond donors (Lipinski definition) is 2. The van der Waals surface area contributed by atoms with E-state index >= 15 is 0 Å². The van der Waals surface area contributed by atoms with Gasteiger partial charge in [-0.3, -0.25) is 0 Å². The molecule has 17 heavy (non-hydrogen) atoms. The van der Waals surface area contributed by atoms with Crippen LogP contribution < -0.4 is 16.0 Å². The lowest BCUT2D eigenvalue weighted by Gasteiger charge is -2.29. The lowest BCUT2D eigenvalue weighted by molar-refractivity contribution is 0.589. The van der Waals surface area contributed by atoms with Crippen molar-refractivity contribution in [1.82, 2.24) is 5.32 Å². The molecule has 3 nitrogen and oxygen atoms in total. The first-order valence-electron chi connectivity index (χ1n) is 6.19. The second-order valence-electron chi connectivity index (χ2n) is 4.00. The van der Waals surface area contributed by atoms with Crippen LogP contribution >= 0.6 is 11.6 Å². The summed E-state index contributed by atoms with van der Waals surface area (Å²) in [6.45, 7) is 7.19. The van der Waals surface area contributed by atoms with E-state index in [0.29, 0.717) is 0 Å². The summed E-state index contributed by atoms with van der Waals surface area (Å²) < 4.78 is 0. The Balaban J connectivity index is 0.000000317. The van der Waals surface area contributed by atoms with E-state index in [2.05, 4.69) is 29.3 Å². The van der Waals surface area contributed by atoms with Gasteiger partial charge in [0.1, 0.15) is 0 Å². The highest BCUT2D eigenvalue weighted by molar-refractivity contribution is 6.30. The quantitative estimate of drug-likeness (QED) is 0.851. The predicted molar refractivity (Wildman–Crippen MR) is 75.9 cm³/mol. The number of nitrogens with zero attached hydrogens (tertiary/aromatic N) is 1. The molecule has 96 valence electrons. The van der Waals surface area contributed by atoms with E-state index in [1.807, 2.05) is 12.1 Å². The molecule has 1 saturated heterocycles. The molecule has 1 aliphatic heterocycles. The van der Waals surface area contributed by atoms with Gasteiger partial charge in [0.25, 0.3) is 0 Å². The van der Waals surface area contributed by atoms with Crippen molar-refractivity contribution in [3.05, 3.63) is 29.3 Å². The minimum absolute atomic E-state index is 0.805. The molecule has 4 heteroatoms. The van der Waals surface area contributed by atoms with E-state index in [4.69, 9.17) is 17.3 Å². The van der Waals surface area contributed by atoms with Crippen LogP contribution in [0, 0.1) is 0 Å². The first-order chi connectivity index (χ1) is 8.27. The maximum absolute atomic E-state index is 5.82. The third-order valence-corrected chi connectivity index (χ3v) is 2.85. The fourth-order valence-corrected chi connectivity index (χ4v) is 1.70. The molecule has 0 aromatic heterocycles. The number of rotatable bonds is 2. The summed E-state index contributed by atoms with van der Waals surface area (Å²) in [6.07, 6.45) is 1.10. The third-order valence-electron chi connectivity index (χ3n) is 2.60. The van der Waals surface area contributed by atoms with Crippen LogP contribution in [0.4, 0.5) is 5.69 Å². The molecular weight excluding hydrogens is 234 g/mol. The van der Waals surface area contributed by atoms with Crippen molar-refractivity contribution in [2.75, 3.05) is 37.6 Å². The number of halogens is 1. The van der Waals surface area contributed by atoms with Crippen LogP contribution in [0.2, 0.25) is 5.02 Å². The molecule has 0 aliphatic carbocycles. The molecule has 0 amide bonds. The molecule has 0 saturated carbocycles. The smallest absolute Gasteiger partial charge is 0.0407 e. The van der Waals surface area contributed by atoms with E-state index in [1.165, 1.54) is 5.69 Å². The highest BCUT2D eigenvalue weighted by Crippen LogP contribution is 2.17. The number of anilines is 1. The Kier molecular flexibility index (Phi) is 7.01. The highest BCUT2D eigenvalue weighted by Gasteiger charge is 2.09. The average Bonchev–Trinajstić information content (AvgIpc) is 2.41. The topological polar surface area (TPSA) is 41.3 Å². The molecule has 0 radical (unpaired) electrons. The van der Waals surface area contributed by atoms with Crippen molar-refractivity contribution in [3.63, 3.8) is 0 Å². The normalized spacial score (nSPS) is 15.1. The van der Waals surface area contributed by atoms with Crippen LogP contribution in [0.1, 0.15) is 13.3 Å². The van der Waals surface area contributed by atoms with E-state index in [0.717, 1.165) is 44.2 Å². The Hall–Kier alpha value is -0.770. The van der Waals surface area contributed by atoms with Gasteiger partial charge >= 0.3 is 0 Å². The van der Waals surface area contributed by atoms with Crippen molar-refractivity contribution < 1.29 is 0 Å². The van der Waals surface area contributed by atoms with Gasteiger partial charge < -0.3 is 16.0 Å². The van der Waals surface area contributed by atoms with Gasteiger partial charge in [0.05, 0.1) is 0 Å². The predicted octanol–water partition coefficient (Wildman–Crippen LogP) is 2.10. The van der Waals surface area contributed by atoms with E-state index < -0.39 is 0 Å². The fraction of sp³-hybridized carbons (Fsp3) is 0.538. The zero-order valence-electron chi connectivity index (χ0n) is 10.5. The van der Waals surface area contributed by atoms with Crippen molar-refractivity contribution in [1.29, 1.82) is 0 Å². The summed E-state index contributed by atoms with van der Waals surface area (Å²) in [5.74, 6) is 0. The lowest BCUT2D eigenvalue weighted by Crippen LogP contribution is -2.43. The molecule has 1 aliphatic rings. The van der Waals surface area contributed by atoms with Gasteiger partial charge in [-0.2, -0.15) is 0 Å². The summed E-state index contributed by atoms with van der Waals surface area (Å²) in [5.41, 5.74) is 6.30. The molecule has 0 bridgehead atoms. The standard InChI is InChI=1S/C10H13ClN2.C3H9N/c11-9-1-3-10(4-2-9)13-7-5-12-6-8-13;1-2-3-4/h1-4,12H,5-8H2;2-4H2,1H3. The molecule has 1 fully saturated rings. The van der Waals surface area contributed by atoms with Gasteiger partial charge in [-0.1, -0.05) is 18.5 Å². The molecule has 0 spiro atoms. The maximum atomic E-state index is 5.82. The van der Waals surface area contributed by atoms with Gasteiger partial charge in [0.15, 0.2) is 0 Å². The molecule has 0 unspecified atom stereocenters. The van der Waals surface area contributed by atoms with Crippen molar-refractivity contribution in [2.45, 2.75) is 13.3 Å². The number of nitrogens with one attached hydrogen (secondary N) is 1. The molecule has 1 aromatic rings. The Morgan fingerprint density at radius 1 is 1.24 bits per heavy atom. The molecule has 1 aromatic carbocycles. The average molecular weight is 256 g/mol. The van der Waals surface area contributed by atoms with Crippen molar-refractivity contribution >= 4 is 17.3 Å². The maximum Gasteiger partial charge on any atom is 0.0407 e. The first-order valence-corrected chi connectivity index (χ1v) is 6.57. The molecule has 0 atom stereocenters. The Labute approximate surface area is 109 Å². The second kappa shape index (κ2) is 8.34. The van der Waals surface area contributed by atoms with Crippen LogP contribution in [0.3, 0.4) is 0 Å². The largest absolute Gasteiger partial charge is 0.369 e. The van der Waals surface area contributed by atoms with Crippen LogP contribution in [0.15, 0.2) is 24.3 Å². The van der Waals surface area contributed by atoms with Gasteiger partial charge in [0.2, 0.25) is 0 Å². The summed E-state index contributed by atoms with van der Waals surface area (Å²) in [7, 11) is 0. The lowest BCUT2D eigenvalue weighted by atomic mass is 10.2. The number of hydrogen-bond acceptors (Lipinski definition) is 3. The number of nitrogens with two attached hydrogens (primary N) is 1. The third kappa shape index (κ3) is 5.39. The zero-order chi connectivity index (χ0) is 12.5. The molecular formula is C13H22ClN3. The van der Waals surface area contributed by atoms with Crippen LogP contribution in [-0.2, 0) is 0 Å². The molecule has 1 heterocycles. The molecule has 2 rings (SSSR count). The fourth-order valence-electron chi connectivity index (χ4n) is 1.57. The van der Waals surface area contributed by atoms with Crippen LogP contribution in [0.25, 0.3) is 0 Å². The Morgan fingerprint density at radius 2 is 1.76 bits per heavy atom. The van der Waals surface area contributed by atoms with Gasteiger partial charge in [-0.25, -0.2) is 0 Å². The minimum atomic E-state index is 0.805. The second-order valence-corrected chi connectivity index (χ2v) is 4.44. The minimum Gasteiger partial charge on any atom is -0.369 e. The van der Waals surface area contributed by atoms with Crippen LogP contribution in [0.5, 0.6) is 0 Å². The van der Waals surface area contributed by atoms with Gasteiger partial charge in [-0.15, -0.1) is 0 Å². The van der Waals surface area contributed by atoms with Crippen LogP contribution in [-0.4, -0.2) is 32.7 Å². The summed E-state index contributed by atoms with van der Waals surface area (Å²) in [4.78, 5) is 2.37. The zero-order valence-corrected chi connectivity index (χ0v) is 11.2. The van der Waals surface area contributed by atoms with Gasteiger partial charge in [0, 0.05) is 36.9 Å². The van der Waals surface area contributed by atoms with Crippen molar-refractivity contribution in [2.24, 2.45) is 5.73 Å². The molecule has 3 N–H and O–H groups in total. The number of piperazine rings is 1.